The monoisotopic (exact) mass is 500 g/mol. The van der Waals surface area contributed by atoms with Crippen molar-refractivity contribution in [1.82, 2.24) is 15.0 Å². The van der Waals surface area contributed by atoms with E-state index < -0.39 is 12.5 Å². The smallest absolute Gasteiger partial charge is 0.176 e. The minimum Gasteiger partial charge on any atom is -0.397 e. The van der Waals surface area contributed by atoms with Crippen molar-refractivity contribution in [3.8, 4) is 6.07 Å². The van der Waals surface area contributed by atoms with Gasteiger partial charge in [-0.2, -0.15) is 5.26 Å². The molecule has 0 bridgehead atoms. The van der Waals surface area contributed by atoms with Gasteiger partial charge < -0.3 is 11.5 Å². The topological polar surface area (TPSA) is 132 Å². The first-order valence-electron chi connectivity index (χ1n) is 6.98. The van der Waals surface area contributed by atoms with Gasteiger partial charge in [0.2, 0.25) is 0 Å². The van der Waals surface area contributed by atoms with Crippen LogP contribution in [0.2, 0.25) is 0 Å². The summed E-state index contributed by atoms with van der Waals surface area (Å²) in [7, 11) is 0. The van der Waals surface area contributed by atoms with Crippen LogP contribution in [0, 0.1) is 17.1 Å². The summed E-state index contributed by atoms with van der Waals surface area (Å²) in [6, 6.07) is 5.90. The third-order valence-corrected chi connectivity index (χ3v) is 3.57. The quantitative estimate of drug-likeness (QED) is 0.484. The maximum Gasteiger partial charge on any atom is 0.176 e. The maximum absolute atomic E-state index is 12.9. The molecule has 3 rings (SSSR count). The highest BCUT2D eigenvalue weighted by atomic mass is 79.9. The molecule has 0 radical (unpaired) electrons. The fourth-order valence-electron chi connectivity index (χ4n) is 1.58. The number of anilines is 2. The van der Waals surface area contributed by atoms with E-state index in [9.17, 15) is 13.6 Å². The number of halogens is 4. The second-order valence-corrected chi connectivity index (χ2v) is 6.42. The predicted molar refractivity (Wildman–Crippen MR) is 105 cm³/mol. The van der Waals surface area contributed by atoms with Crippen molar-refractivity contribution in [3.05, 3.63) is 51.0 Å². The van der Waals surface area contributed by atoms with Gasteiger partial charge in [0, 0.05) is 27.4 Å². The number of hydrogen-bond donors (Lipinski definition) is 2. The van der Waals surface area contributed by atoms with Crippen LogP contribution in [0.15, 0.2) is 39.5 Å². The van der Waals surface area contributed by atoms with E-state index in [1.165, 1.54) is 18.3 Å². The van der Waals surface area contributed by atoms with E-state index in [2.05, 4.69) is 46.8 Å². The molecule has 0 aliphatic heterocycles. The van der Waals surface area contributed by atoms with Crippen molar-refractivity contribution >= 4 is 60.7 Å². The minimum absolute atomic E-state index is 0.104. The Labute approximate surface area is 169 Å². The first kappa shape index (κ1) is 22.3. The average Bonchev–Trinajstić information content (AvgIpc) is 2.64. The van der Waals surface area contributed by atoms with Crippen LogP contribution in [0.4, 0.5) is 20.3 Å². The molecule has 3 heterocycles. The molecule has 4 N–H and O–H groups in total. The first-order chi connectivity index (χ1) is 12.8. The number of aromatic nitrogens is 3. The van der Waals surface area contributed by atoms with Crippen molar-refractivity contribution in [2.24, 2.45) is 0 Å². The van der Waals surface area contributed by atoms with Gasteiger partial charge in [0.1, 0.15) is 5.69 Å². The number of nitrogens with two attached hydrogens (primary N) is 2. The lowest BCUT2D eigenvalue weighted by Crippen LogP contribution is -1.95. The summed E-state index contributed by atoms with van der Waals surface area (Å²) in [4.78, 5) is 21.8. The molecule has 11 heteroatoms. The summed E-state index contributed by atoms with van der Waals surface area (Å²) in [5.41, 5.74) is 12.5. The molecule has 0 saturated carbocycles. The second kappa shape index (κ2) is 11.1. The molecule has 0 unspecified atom stereocenters. The Morgan fingerprint density at radius 3 is 2.26 bits per heavy atom. The Hall–Kier alpha value is -2.71. The van der Waals surface area contributed by atoms with Gasteiger partial charge in [-0.25, -0.2) is 13.8 Å². The molecule has 3 aromatic heterocycles. The molecule has 0 aromatic carbocycles. The van der Waals surface area contributed by atoms with Gasteiger partial charge in [-0.05, 0) is 44.0 Å². The van der Waals surface area contributed by atoms with Crippen LogP contribution in [-0.2, 0) is 0 Å². The number of nitrogens with zero attached hydrogens (tertiary/aromatic N) is 4. The van der Waals surface area contributed by atoms with Crippen LogP contribution in [0.25, 0.3) is 11.0 Å². The van der Waals surface area contributed by atoms with E-state index in [0.717, 1.165) is 8.95 Å². The Balaban J connectivity index is 0.000000232. The summed E-state index contributed by atoms with van der Waals surface area (Å²) in [6.45, 7) is -0.875. The molecule has 0 spiro atoms. The Morgan fingerprint density at radius 2 is 1.70 bits per heavy atom. The van der Waals surface area contributed by atoms with Crippen LogP contribution < -0.4 is 11.5 Å². The molecule has 3 aromatic rings. The highest BCUT2D eigenvalue weighted by Crippen LogP contribution is 2.18. The molecule has 0 saturated heterocycles. The van der Waals surface area contributed by atoms with E-state index in [0.29, 0.717) is 23.0 Å². The molecule has 7 nitrogen and oxygen atoms in total. The largest absolute Gasteiger partial charge is 0.397 e. The third-order valence-electron chi connectivity index (χ3n) is 2.70. The Kier molecular flexibility index (Phi) is 9.18. The van der Waals surface area contributed by atoms with E-state index >= 15 is 0 Å². The standard InChI is InChI=1S/C8H5BrFN3.C6H5BrN2O.C2H2FN/c9-4-1-7-6(12-3-4)2-5(10)8(11)13-7;7-4-1-5(8)6(3-10)9-2-4;3-1-2-4/h1-3H,(H2,11,13);1-3H,8H2;1H2. The fraction of sp³-hybridized carbons (Fsp3) is 0.0625. The van der Waals surface area contributed by atoms with Crippen molar-refractivity contribution in [2.45, 2.75) is 0 Å². The van der Waals surface area contributed by atoms with Crippen LogP contribution in [-0.4, -0.2) is 27.9 Å². The van der Waals surface area contributed by atoms with Crippen molar-refractivity contribution in [1.29, 1.82) is 5.26 Å². The van der Waals surface area contributed by atoms with Gasteiger partial charge in [-0.15, -0.1) is 0 Å². The number of hydrogen-bond acceptors (Lipinski definition) is 7. The zero-order chi connectivity index (χ0) is 20.4. The maximum atomic E-state index is 12.9. The minimum atomic E-state index is -0.875. The van der Waals surface area contributed by atoms with E-state index in [1.807, 2.05) is 0 Å². The summed E-state index contributed by atoms with van der Waals surface area (Å²) in [5.74, 6) is -0.644. The summed E-state index contributed by atoms with van der Waals surface area (Å²) >= 11 is 6.41. The lowest BCUT2D eigenvalue weighted by molar-refractivity contribution is 0.112. The lowest BCUT2D eigenvalue weighted by Gasteiger charge is -1.99. The Morgan fingerprint density at radius 1 is 1.11 bits per heavy atom. The molecule has 27 heavy (non-hydrogen) atoms. The molecule has 140 valence electrons. The number of nitrogen functional groups attached to an aromatic ring is 2. The molecule has 0 atom stereocenters. The summed E-state index contributed by atoms with van der Waals surface area (Å²) < 4.78 is 24.8. The molecule has 0 aliphatic carbocycles. The predicted octanol–water partition coefficient (Wildman–Crippen LogP) is 3.83. The van der Waals surface area contributed by atoms with Gasteiger partial charge in [-0.1, -0.05) is 0 Å². The first-order valence-corrected chi connectivity index (χ1v) is 8.57. The number of carbonyl (C=O) groups excluding carboxylic acids is 1. The number of pyridine rings is 3. The SMILES string of the molecule is N#CCF.Nc1cc(Br)cnc1C=O.Nc1nc2cc(Br)cnc2cc1F. The third kappa shape index (κ3) is 7.20. The highest BCUT2D eigenvalue weighted by molar-refractivity contribution is 9.10. The van der Waals surface area contributed by atoms with Crippen molar-refractivity contribution < 1.29 is 13.6 Å². The fourth-order valence-corrected chi connectivity index (χ4v) is 2.25. The molecular weight excluding hydrogens is 490 g/mol. The van der Waals surface area contributed by atoms with Gasteiger partial charge >= 0.3 is 0 Å². The number of alkyl halides is 1. The van der Waals surface area contributed by atoms with Gasteiger partial charge in [0.15, 0.2) is 24.6 Å². The average molecular weight is 502 g/mol. The zero-order valence-corrected chi connectivity index (χ0v) is 16.7. The van der Waals surface area contributed by atoms with Gasteiger partial charge in [-0.3, -0.25) is 14.8 Å². The van der Waals surface area contributed by atoms with E-state index in [1.54, 1.807) is 18.3 Å². The number of fused-ring (bicyclic) bond motifs is 1. The Bertz CT molecular complexity index is 981. The lowest BCUT2D eigenvalue weighted by atomic mass is 10.3. The highest BCUT2D eigenvalue weighted by Gasteiger charge is 2.03. The van der Waals surface area contributed by atoms with Crippen LogP contribution >= 0.6 is 31.9 Å². The molecule has 0 fully saturated rings. The number of carbonyl (C=O) groups is 1. The van der Waals surface area contributed by atoms with Crippen molar-refractivity contribution in [3.63, 3.8) is 0 Å². The zero-order valence-electron chi connectivity index (χ0n) is 13.5. The second-order valence-electron chi connectivity index (χ2n) is 4.58. The van der Waals surface area contributed by atoms with Gasteiger partial charge in [0.25, 0.3) is 0 Å². The van der Waals surface area contributed by atoms with Crippen LogP contribution in [0.5, 0.6) is 0 Å². The normalized spacial score (nSPS) is 9.30. The van der Waals surface area contributed by atoms with Gasteiger partial charge in [0.05, 0.1) is 22.8 Å². The summed E-state index contributed by atoms with van der Waals surface area (Å²) in [5, 5.41) is 7.25. The van der Waals surface area contributed by atoms with E-state index in [-0.39, 0.29) is 11.5 Å². The number of nitriles is 1. The molecule has 0 amide bonds. The van der Waals surface area contributed by atoms with Crippen LogP contribution in [0.1, 0.15) is 10.5 Å². The number of aldehydes is 1. The molecule has 0 aliphatic rings. The number of rotatable bonds is 1. The van der Waals surface area contributed by atoms with E-state index in [4.69, 9.17) is 16.7 Å². The molecular formula is C16H12Br2F2N6O. The van der Waals surface area contributed by atoms with Crippen LogP contribution in [0.3, 0.4) is 0 Å². The summed E-state index contributed by atoms with van der Waals surface area (Å²) in [6.07, 6.45) is 3.74. The van der Waals surface area contributed by atoms with Crippen molar-refractivity contribution in [2.75, 3.05) is 18.1 Å².